The van der Waals surface area contributed by atoms with Crippen molar-refractivity contribution in [3.63, 3.8) is 0 Å². The number of nitrogens with zero attached hydrogens (tertiary/aromatic N) is 1. The predicted molar refractivity (Wildman–Crippen MR) is 70.1 cm³/mol. The number of hydrogen-bond donors (Lipinski definition) is 3. The number of carboxylic acids is 1. The highest BCUT2D eigenvalue weighted by molar-refractivity contribution is 5.95. The van der Waals surface area contributed by atoms with Gasteiger partial charge in [-0.2, -0.15) is 0 Å². The summed E-state index contributed by atoms with van der Waals surface area (Å²) in [5.74, 6) is -0.543. The van der Waals surface area contributed by atoms with E-state index < -0.39 is 5.97 Å². The van der Waals surface area contributed by atoms with Crippen LogP contribution in [0.15, 0.2) is 36.5 Å². The van der Waals surface area contributed by atoms with E-state index in [4.69, 9.17) is 10.8 Å². The molecule has 1 aromatic carbocycles. The van der Waals surface area contributed by atoms with E-state index in [0.29, 0.717) is 17.2 Å². The van der Waals surface area contributed by atoms with Crippen molar-refractivity contribution < 1.29 is 9.90 Å². The van der Waals surface area contributed by atoms with Gasteiger partial charge in [0, 0.05) is 6.20 Å². The third-order valence-corrected chi connectivity index (χ3v) is 2.46. The van der Waals surface area contributed by atoms with Crippen LogP contribution in [-0.2, 0) is 0 Å². The van der Waals surface area contributed by atoms with Gasteiger partial charge in [-0.1, -0.05) is 12.1 Å². The van der Waals surface area contributed by atoms with E-state index in [1.54, 1.807) is 30.5 Å². The summed E-state index contributed by atoms with van der Waals surface area (Å²) in [6, 6.07) is 8.39. The molecule has 0 aliphatic carbocycles. The van der Waals surface area contributed by atoms with Gasteiger partial charge in [0.15, 0.2) is 5.82 Å². The van der Waals surface area contributed by atoms with Crippen LogP contribution in [0, 0.1) is 6.92 Å². The lowest BCUT2D eigenvalue weighted by molar-refractivity contribution is 0.0698. The number of nitrogens with one attached hydrogen (secondary N) is 1. The van der Waals surface area contributed by atoms with Crippen molar-refractivity contribution in [2.45, 2.75) is 6.92 Å². The molecule has 0 amide bonds. The third kappa shape index (κ3) is 2.40. The van der Waals surface area contributed by atoms with Gasteiger partial charge in [0.25, 0.3) is 0 Å². The zero-order valence-electron chi connectivity index (χ0n) is 9.84. The summed E-state index contributed by atoms with van der Waals surface area (Å²) in [6.07, 6.45) is 1.67. The van der Waals surface area contributed by atoms with Crippen LogP contribution in [-0.4, -0.2) is 16.1 Å². The van der Waals surface area contributed by atoms with Gasteiger partial charge in [-0.3, -0.25) is 0 Å². The number of benzene rings is 1. The summed E-state index contributed by atoms with van der Waals surface area (Å²) in [5, 5.41) is 12.0. The van der Waals surface area contributed by atoms with Crippen molar-refractivity contribution in [2.75, 3.05) is 11.1 Å². The molecular weight excluding hydrogens is 230 g/mol. The molecular formula is C13H13N3O2. The Morgan fingerprint density at radius 3 is 2.78 bits per heavy atom. The van der Waals surface area contributed by atoms with Gasteiger partial charge in [0.05, 0.1) is 16.9 Å². The molecule has 0 saturated carbocycles. The van der Waals surface area contributed by atoms with Crippen molar-refractivity contribution in [3.8, 4) is 0 Å². The van der Waals surface area contributed by atoms with Gasteiger partial charge in [-0.05, 0) is 30.7 Å². The molecule has 0 bridgehead atoms. The Balaban J connectivity index is 2.37. The molecule has 2 aromatic rings. The van der Waals surface area contributed by atoms with Crippen LogP contribution < -0.4 is 11.1 Å². The molecule has 1 aromatic heterocycles. The number of rotatable bonds is 3. The maximum Gasteiger partial charge on any atom is 0.337 e. The average molecular weight is 243 g/mol. The highest BCUT2D eigenvalue weighted by Gasteiger charge is 2.10. The lowest BCUT2D eigenvalue weighted by atomic mass is 10.2. The first-order valence-corrected chi connectivity index (χ1v) is 5.39. The fourth-order valence-corrected chi connectivity index (χ4v) is 1.60. The van der Waals surface area contributed by atoms with Crippen LogP contribution in [0.5, 0.6) is 0 Å². The smallest absolute Gasteiger partial charge is 0.337 e. The lowest BCUT2D eigenvalue weighted by Crippen LogP contribution is -2.05. The maximum absolute atomic E-state index is 11.1. The molecule has 0 saturated heterocycles. The Labute approximate surface area is 104 Å². The van der Waals surface area contributed by atoms with Crippen LogP contribution >= 0.6 is 0 Å². The Kier molecular flexibility index (Phi) is 3.14. The first-order valence-electron chi connectivity index (χ1n) is 5.39. The lowest BCUT2D eigenvalue weighted by Gasteiger charge is -2.10. The van der Waals surface area contributed by atoms with Crippen molar-refractivity contribution in [1.82, 2.24) is 4.98 Å². The van der Waals surface area contributed by atoms with E-state index in [-0.39, 0.29) is 5.56 Å². The monoisotopic (exact) mass is 243 g/mol. The molecule has 0 unspecified atom stereocenters. The topological polar surface area (TPSA) is 88.2 Å². The molecule has 5 nitrogen and oxygen atoms in total. The number of pyridine rings is 1. The molecule has 0 aliphatic heterocycles. The molecule has 18 heavy (non-hydrogen) atoms. The van der Waals surface area contributed by atoms with E-state index in [0.717, 1.165) is 5.56 Å². The second-order valence-corrected chi connectivity index (χ2v) is 3.93. The molecule has 5 heteroatoms. The number of aromatic carboxylic acids is 1. The Morgan fingerprint density at radius 2 is 2.11 bits per heavy atom. The van der Waals surface area contributed by atoms with E-state index in [1.807, 2.05) is 6.92 Å². The Morgan fingerprint density at radius 1 is 1.39 bits per heavy atom. The second kappa shape index (κ2) is 4.75. The van der Waals surface area contributed by atoms with E-state index >= 15 is 0 Å². The molecule has 92 valence electrons. The number of carboxylic acid groups (broad SMARTS) is 1. The quantitative estimate of drug-likeness (QED) is 0.770. The minimum Gasteiger partial charge on any atom is -0.478 e. The highest BCUT2D eigenvalue weighted by atomic mass is 16.4. The number of nitrogen functional groups attached to an aromatic ring is 1. The summed E-state index contributed by atoms with van der Waals surface area (Å²) in [6.45, 7) is 1.89. The molecule has 0 spiro atoms. The first kappa shape index (κ1) is 11.9. The molecule has 4 N–H and O–H groups in total. The average Bonchev–Trinajstić information content (AvgIpc) is 2.33. The minimum atomic E-state index is -0.996. The molecule has 0 radical (unpaired) electrons. The Hall–Kier alpha value is -2.56. The van der Waals surface area contributed by atoms with Gasteiger partial charge in [-0.15, -0.1) is 0 Å². The molecule has 2 rings (SSSR count). The largest absolute Gasteiger partial charge is 0.478 e. The normalized spacial score (nSPS) is 10.1. The number of nitrogens with two attached hydrogens (primary N) is 1. The zero-order valence-corrected chi connectivity index (χ0v) is 9.84. The van der Waals surface area contributed by atoms with Crippen LogP contribution in [0.4, 0.5) is 17.2 Å². The van der Waals surface area contributed by atoms with Gasteiger partial charge < -0.3 is 16.2 Å². The number of aryl methyl sites for hydroxylation is 1. The molecule has 0 fully saturated rings. The van der Waals surface area contributed by atoms with Crippen molar-refractivity contribution in [1.29, 1.82) is 0 Å². The number of carbonyl (C=O) groups is 1. The van der Waals surface area contributed by atoms with E-state index in [1.165, 1.54) is 6.07 Å². The minimum absolute atomic E-state index is 0.180. The van der Waals surface area contributed by atoms with E-state index in [2.05, 4.69) is 10.3 Å². The summed E-state index contributed by atoms with van der Waals surface area (Å²) >= 11 is 0. The van der Waals surface area contributed by atoms with Crippen LogP contribution in [0.25, 0.3) is 0 Å². The standard InChI is InChI=1S/C13H13N3O2/c1-8-6-10(14)12(15-7-8)16-11-5-3-2-4-9(11)13(17)18/h2-7H,14H2,1H3,(H,15,16)(H,17,18). The van der Waals surface area contributed by atoms with Gasteiger partial charge >= 0.3 is 5.97 Å². The summed E-state index contributed by atoms with van der Waals surface area (Å²) in [5.41, 5.74) is 7.90. The molecule has 1 heterocycles. The predicted octanol–water partition coefficient (Wildman–Crippen LogP) is 2.41. The van der Waals surface area contributed by atoms with Crippen LogP contribution in [0.1, 0.15) is 15.9 Å². The van der Waals surface area contributed by atoms with Crippen molar-refractivity contribution >= 4 is 23.2 Å². The summed E-state index contributed by atoms with van der Waals surface area (Å²) in [7, 11) is 0. The maximum atomic E-state index is 11.1. The van der Waals surface area contributed by atoms with E-state index in [9.17, 15) is 4.79 Å². The summed E-state index contributed by atoms with van der Waals surface area (Å²) in [4.78, 5) is 15.2. The molecule has 0 aliphatic rings. The van der Waals surface area contributed by atoms with Crippen molar-refractivity contribution in [2.24, 2.45) is 0 Å². The van der Waals surface area contributed by atoms with Crippen LogP contribution in [0.2, 0.25) is 0 Å². The highest BCUT2D eigenvalue weighted by Crippen LogP contribution is 2.23. The second-order valence-electron chi connectivity index (χ2n) is 3.93. The number of aromatic nitrogens is 1. The summed E-state index contributed by atoms with van der Waals surface area (Å²) < 4.78 is 0. The number of para-hydroxylation sites is 1. The van der Waals surface area contributed by atoms with Gasteiger partial charge in [-0.25, -0.2) is 9.78 Å². The van der Waals surface area contributed by atoms with Gasteiger partial charge in [0.1, 0.15) is 0 Å². The SMILES string of the molecule is Cc1cnc(Nc2ccccc2C(=O)O)c(N)c1. The Bertz CT molecular complexity index is 597. The fourth-order valence-electron chi connectivity index (χ4n) is 1.60. The van der Waals surface area contributed by atoms with Crippen LogP contribution in [0.3, 0.4) is 0 Å². The number of anilines is 3. The zero-order chi connectivity index (χ0) is 13.1. The van der Waals surface area contributed by atoms with Crippen molar-refractivity contribution in [3.05, 3.63) is 47.7 Å². The molecule has 0 atom stereocenters. The van der Waals surface area contributed by atoms with Gasteiger partial charge in [0.2, 0.25) is 0 Å². The fraction of sp³-hybridized carbons (Fsp3) is 0.0769. The third-order valence-electron chi connectivity index (χ3n) is 2.46. The number of hydrogen-bond acceptors (Lipinski definition) is 4. The first-order chi connectivity index (χ1) is 8.58.